The van der Waals surface area contributed by atoms with Gasteiger partial charge in [0.25, 0.3) is 0 Å². The van der Waals surface area contributed by atoms with Crippen LogP contribution in [0.5, 0.6) is 0 Å². The quantitative estimate of drug-likeness (QED) is 0.484. The number of amides is 1. The number of nitrogens with zero attached hydrogens (tertiary/aromatic N) is 4. The van der Waals surface area contributed by atoms with E-state index in [1.54, 1.807) is 25.5 Å². The summed E-state index contributed by atoms with van der Waals surface area (Å²) in [5, 5.41) is 2.72. The molecule has 1 saturated heterocycles. The van der Waals surface area contributed by atoms with Gasteiger partial charge in [-0.25, -0.2) is 4.98 Å². The average molecular weight is 465 g/mol. The molecule has 1 amide bonds. The third kappa shape index (κ3) is 4.53. The van der Waals surface area contributed by atoms with Crippen molar-refractivity contribution < 1.29 is 4.79 Å². The number of piperazine rings is 1. The smallest absolute Gasteiger partial charge is 0.219 e. The zero-order valence-corrected chi connectivity index (χ0v) is 19.7. The molecule has 1 aliphatic heterocycles. The topological polar surface area (TPSA) is 91.1 Å². The second kappa shape index (κ2) is 9.46. The third-order valence-corrected chi connectivity index (χ3v) is 6.51. The minimum Gasteiger partial charge on any atom is -0.403 e. The van der Waals surface area contributed by atoms with E-state index < -0.39 is 0 Å². The van der Waals surface area contributed by atoms with Crippen LogP contribution in [0.15, 0.2) is 67.6 Å². The highest BCUT2D eigenvalue weighted by Crippen LogP contribution is 2.26. The fourth-order valence-corrected chi connectivity index (χ4v) is 4.53. The first kappa shape index (κ1) is 22.4. The van der Waals surface area contributed by atoms with Crippen LogP contribution in [-0.2, 0) is 4.79 Å². The fraction of sp³-hybridized carbons (Fsp3) is 0.179. The van der Waals surface area contributed by atoms with Crippen molar-refractivity contribution in [3.05, 3.63) is 83.8 Å². The minimum atomic E-state index is 0.136. The van der Waals surface area contributed by atoms with E-state index in [4.69, 9.17) is 5.73 Å². The fourth-order valence-electron chi connectivity index (χ4n) is 4.53. The van der Waals surface area contributed by atoms with Crippen LogP contribution in [0.4, 0.5) is 5.69 Å². The van der Waals surface area contributed by atoms with Crippen molar-refractivity contribution in [2.24, 2.45) is 5.73 Å². The predicted octanol–water partition coefficient (Wildman–Crippen LogP) is 2.48. The number of anilines is 1. The lowest BCUT2D eigenvalue weighted by molar-refractivity contribution is -0.129. The number of carbonyl (C=O) groups is 1. The number of aromatic nitrogens is 3. The largest absolute Gasteiger partial charge is 0.403 e. The summed E-state index contributed by atoms with van der Waals surface area (Å²) in [5.41, 5.74) is 11.8. The Kier molecular flexibility index (Phi) is 6.06. The summed E-state index contributed by atoms with van der Waals surface area (Å²) in [7, 11) is 0. The Balaban J connectivity index is 1.51. The molecule has 1 fully saturated rings. The number of hydrogen-bond donors (Lipinski definition) is 2. The number of H-pyrrole nitrogens is 1. The highest BCUT2D eigenvalue weighted by atomic mass is 16.2. The van der Waals surface area contributed by atoms with Gasteiger partial charge >= 0.3 is 0 Å². The number of pyridine rings is 2. The van der Waals surface area contributed by atoms with Gasteiger partial charge in [-0.3, -0.25) is 9.78 Å². The van der Waals surface area contributed by atoms with E-state index in [1.807, 2.05) is 29.3 Å². The zero-order valence-electron chi connectivity index (χ0n) is 19.7. The molecule has 4 aromatic rings. The monoisotopic (exact) mass is 464 g/mol. The Bertz CT molecular complexity index is 1510. The second-order valence-electron chi connectivity index (χ2n) is 8.69. The molecule has 35 heavy (non-hydrogen) atoms. The molecular weight excluding hydrogens is 436 g/mol. The standard InChI is InChI=1S/C28H28N6O/c1-19(22-6-4-8-30-17-22)13-25-26-15-23(18-31-28(26)32-27(25)16-29)21-5-3-7-24(14-21)34-11-9-33(10-12-34)20(2)35/h3-8,13-18H,1,9-12,29H2,2H3,(H,31,32)/b25-13-,27-16+. The van der Waals surface area contributed by atoms with E-state index in [9.17, 15) is 4.79 Å². The number of fused-ring (bicyclic) bond motifs is 1. The minimum absolute atomic E-state index is 0.136. The van der Waals surface area contributed by atoms with E-state index in [-0.39, 0.29) is 5.91 Å². The Morgan fingerprint density at radius 1 is 1.09 bits per heavy atom. The number of nitrogens with two attached hydrogens (primary N) is 1. The molecule has 3 N–H and O–H groups in total. The summed E-state index contributed by atoms with van der Waals surface area (Å²) in [6, 6.07) is 14.5. The van der Waals surface area contributed by atoms with Crippen molar-refractivity contribution in [2.75, 3.05) is 31.1 Å². The lowest BCUT2D eigenvalue weighted by Gasteiger charge is -2.35. The number of carbonyl (C=O) groups excluding carboxylic acids is 1. The lowest BCUT2D eigenvalue weighted by atomic mass is 10.0. The molecule has 0 saturated carbocycles. The molecule has 5 rings (SSSR count). The van der Waals surface area contributed by atoms with Gasteiger partial charge < -0.3 is 20.5 Å². The molecule has 0 unspecified atom stereocenters. The maximum Gasteiger partial charge on any atom is 0.219 e. The van der Waals surface area contributed by atoms with E-state index in [2.05, 4.69) is 56.8 Å². The van der Waals surface area contributed by atoms with Crippen molar-refractivity contribution in [3.63, 3.8) is 0 Å². The van der Waals surface area contributed by atoms with Gasteiger partial charge in [-0.1, -0.05) is 24.8 Å². The van der Waals surface area contributed by atoms with Gasteiger partial charge in [0.15, 0.2) is 0 Å². The van der Waals surface area contributed by atoms with Crippen molar-refractivity contribution in [1.82, 2.24) is 19.9 Å². The summed E-state index contributed by atoms with van der Waals surface area (Å²) in [5.74, 6) is 0.136. The van der Waals surface area contributed by atoms with Gasteiger partial charge in [0, 0.05) is 79.7 Å². The predicted molar refractivity (Wildman–Crippen MR) is 142 cm³/mol. The molecule has 0 spiro atoms. The van der Waals surface area contributed by atoms with E-state index >= 15 is 0 Å². The number of benzene rings is 1. The lowest BCUT2D eigenvalue weighted by Crippen LogP contribution is -2.48. The molecule has 7 heteroatoms. The van der Waals surface area contributed by atoms with Crippen LogP contribution < -0.4 is 21.2 Å². The maximum absolute atomic E-state index is 11.7. The number of rotatable bonds is 4. The summed E-state index contributed by atoms with van der Waals surface area (Å²) in [4.78, 5) is 28.1. The molecule has 3 aromatic heterocycles. The van der Waals surface area contributed by atoms with E-state index in [0.29, 0.717) is 0 Å². The Morgan fingerprint density at radius 2 is 1.91 bits per heavy atom. The van der Waals surface area contributed by atoms with Gasteiger partial charge in [0.05, 0.1) is 5.35 Å². The third-order valence-electron chi connectivity index (χ3n) is 6.51. The molecule has 7 nitrogen and oxygen atoms in total. The van der Waals surface area contributed by atoms with Crippen molar-refractivity contribution >= 4 is 40.5 Å². The molecule has 0 radical (unpaired) electrons. The van der Waals surface area contributed by atoms with Crippen molar-refractivity contribution in [1.29, 1.82) is 0 Å². The molecular formula is C28H28N6O. The number of nitrogens with one attached hydrogen (secondary N) is 1. The van der Waals surface area contributed by atoms with Gasteiger partial charge in [-0.2, -0.15) is 0 Å². The first-order valence-electron chi connectivity index (χ1n) is 11.6. The van der Waals surface area contributed by atoms with Crippen LogP contribution in [0.3, 0.4) is 0 Å². The maximum atomic E-state index is 11.7. The van der Waals surface area contributed by atoms with Crippen LogP contribution in [0.1, 0.15) is 12.5 Å². The van der Waals surface area contributed by atoms with E-state index in [0.717, 1.165) is 75.7 Å². The van der Waals surface area contributed by atoms with Gasteiger partial charge in [0.2, 0.25) is 5.91 Å². The Morgan fingerprint density at radius 3 is 2.63 bits per heavy atom. The van der Waals surface area contributed by atoms with Crippen molar-refractivity contribution in [2.45, 2.75) is 6.92 Å². The molecule has 0 aliphatic carbocycles. The molecule has 0 atom stereocenters. The van der Waals surface area contributed by atoms with Crippen LogP contribution >= 0.6 is 0 Å². The molecule has 0 bridgehead atoms. The molecule has 176 valence electrons. The Hall–Kier alpha value is -4.39. The van der Waals surface area contributed by atoms with Gasteiger partial charge in [-0.15, -0.1) is 0 Å². The highest BCUT2D eigenvalue weighted by Gasteiger charge is 2.19. The summed E-state index contributed by atoms with van der Waals surface area (Å²) in [6.07, 6.45) is 9.00. The summed E-state index contributed by atoms with van der Waals surface area (Å²) >= 11 is 0. The first-order valence-corrected chi connectivity index (χ1v) is 11.6. The highest BCUT2D eigenvalue weighted by molar-refractivity contribution is 5.92. The van der Waals surface area contributed by atoms with E-state index in [1.165, 1.54) is 0 Å². The normalized spacial score (nSPS) is 15.1. The number of allylic oxidation sites excluding steroid dienone is 1. The second-order valence-corrected chi connectivity index (χ2v) is 8.69. The Labute approximate surface area is 203 Å². The molecule has 4 heterocycles. The van der Waals surface area contributed by atoms with Crippen molar-refractivity contribution in [3.8, 4) is 11.1 Å². The molecule has 1 aromatic carbocycles. The van der Waals surface area contributed by atoms with Crippen LogP contribution in [0, 0.1) is 0 Å². The summed E-state index contributed by atoms with van der Waals surface area (Å²) < 4.78 is 0. The SMILES string of the molecule is C=C(/C=c1\c(=C/N)[nH]c2ncc(-c3cccc(N4CCN(C(C)=O)CC4)c3)cc12)c1cccnc1. The number of aromatic amines is 1. The van der Waals surface area contributed by atoms with Crippen LogP contribution in [-0.4, -0.2) is 51.9 Å². The zero-order chi connectivity index (χ0) is 24.4. The summed E-state index contributed by atoms with van der Waals surface area (Å²) in [6.45, 7) is 8.99. The van der Waals surface area contributed by atoms with Gasteiger partial charge in [0.1, 0.15) is 5.65 Å². The number of hydrogen-bond acceptors (Lipinski definition) is 5. The average Bonchev–Trinajstić information content (AvgIpc) is 3.26. The first-order chi connectivity index (χ1) is 17.0. The molecule has 1 aliphatic rings. The van der Waals surface area contributed by atoms with Crippen LogP contribution in [0.2, 0.25) is 0 Å². The van der Waals surface area contributed by atoms with Crippen LogP contribution in [0.25, 0.3) is 40.0 Å². The van der Waals surface area contributed by atoms with Gasteiger partial charge in [-0.05, 0) is 47.0 Å².